The predicted octanol–water partition coefficient (Wildman–Crippen LogP) is 4.55. The second-order valence-electron chi connectivity index (χ2n) is 5.44. The van der Waals surface area contributed by atoms with Gasteiger partial charge in [0.25, 0.3) is 0 Å². The van der Waals surface area contributed by atoms with Crippen LogP contribution in [0.4, 0.5) is 0 Å². The van der Waals surface area contributed by atoms with E-state index in [0.717, 1.165) is 11.5 Å². The van der Waals surface area contributed by atoms with Crippen molar-refractivity contribution >= 4 is 0 Å². The lowest BCUT2D eigenvalue weighted by Crippen LogP contribution is -2.17. The lowest BCUT2D eigenvalue weighted by atomic mass is 9.97. The van der Waals surface area contributed by atoms with Crippen LogP contribution in [0.3, 0.4) is 0 Å². The molecule has 20 heavy (non-hydrogen) atoms. The van der Waals surface area contributed by atoms with Gasteiger partial charge in [0, 0.05) is 5.56 Å². The van der Waals surface area contributed by atoms with Crippen molar-refractivity contribution in [1.82, 2.24) is 5.32 Å². The molecule has 0 saturated heterocycles. The monoisotopic (exact) mass is 271 g/mol. The van der Waals surface area contributed by atoms with Crippen LogP contribution in [0.1, 0.15) is 54.0 Å². The minimum absolute atomic E-state index is 0.202. The smallest absolute Gasteiger partial charge is 0.106 e. The summed E-state index contributed by atoms with van der Waals surface area (Å²) in [6.45, 7) is 6.26. The standard InChI is InChI=1S/C18H25NO/c1-5-6-7-15-8-10-16(11-9-15)18(19-4)17-12-13(2)20-14(17)3/h8-12,18-19H,5-7H2,1-4H3. The van der Waals surface area contributed by atoms with E-state index in [1.807, 2.05) is 20.9 Å². The van der Waals surface area contributed by atoms with Crippen LogP contribution in [-0.2, 0) is 6.42 Å². The highest BCUT2D eigenvalue weighted by Gasteiger charge is 2.17. The van der Waals surface area contributed by atoms with E-state index < -0.39 is 0 Å². The molecule has 2 heteroatoms. The quantitative estimate of drug-likeness (QED) is 0.834. The van der Waals surface area contributed by atoms with Gasteiger partial charge in [0.1, 0.15) is 11.5 Å². The van der Waals surface area contributed by atoms with Crippen LogP contribution in [0.25, 0.3) is 0 Å². The van der Waals surface area contributed by atoms with Gasteiger partial charge in [0.05, 0.1) is 6.04 Å². The molecule has 1 unspecified atom stereocenters. The molecule has 2 rings (SSSR count). The molecule has 0 aliphatic heterocycles. The maximum atomic E-state index is 5.66. The van der Waals surface area contributed by atoms with Crippen LogP contribution in [0.2, 0.25) is 0 Å². The largest absolute Gasteiger partial charge is 0.466 e. The molecular weight excluding hydrogens is 246 g/mol. The van der Waals surface area contributed by atoms with Gasteiger partial charge in [-0.15, -0.1) is 0 Å². The molecule has 0 spiro atoms. The molecule has 0 saturated carbocycles. The second-order valence-corrected chi connectivity index (χ2v) is 5.44. The highest BCUT2D eigenvalue weighted by Crippen LogP contribution is 2.27. The summed E-state index contributed by atoms with van der Waals surface area (Å²) in [4.78, 5) is 0. The van der Waals surface area contributed by atoms with Crippen molar-refractivity contribution in [3.8, 4) is 0 Å². The third kappa shape index (κ3) is 3.31. The van der Waals surface area contributed by atoms with Gasteiger partial charge < -0.3 is 9.73 Å². The first-order chi connectivity index (χ1) is 9.65. The summed E-state index contributed by atoms with van der Waals surface area (Å²) in [6, 6.07) is 11.3. The molecule has 0 amide bonds. The maximum absolute atomic E-state index is 5.66. The Kier molecular flexibility index (Phi) is 5.02. The minimum Gasteiger partial charge on any atom is -0.466 e. The number of hydrogen-bond donors (Lipinski definition) is 1. The fraction of sp³-hybridized carbons (Fsp3) is 0.444. The van der Waals surface area contributed by atoms with Crippen LogP contribution in [0.5, 0.6) is 0 Å². The Bertz CT molecular complexity index is 539. The Morgan fingerprint density at radius 3 is 2.35 bits per heavy atom. The number of nitrogens with one attached hydrogen (secondary N) is 1. The molecule has 1 atom stereocenters. The van der Waals surface area contributed by atoms with Crippen LogP contribution >= 0.6 is 0 Å². The van der Waals surface area contributed by atoms with Gasteiger partial charge >= 0.3 is 0 Å². The molecule has 108 valence electrons. The SMILES string of the molecule is CCCCc1ccc(C(NC)c2cc(C)oc2C)cc1. The van der Waals surface area contributed by atoms with Crippen molar-refractivity contribution in [2.75, 3.05) is 7.05 Å². The Labute approximate surface area is 122 Å². The molecule has 0 radical (unpaired) electrons. The topological polar surface area (TPSA) is 25.2 Å². The minimum atomic E-state index is 0.202. The zero-order valence-corrected chi connectivity index (χ0v) is 13.0. The van der Waals surface area contributed by atoms with E-state index in [0.29, 0.717) is 0 Å². The van der Waals surface area contributed by atoms with Crippen LogP contribution < -0.4 is 5.32 Å². The highest BCUT2D eigenvalue weighted by atomic mass is 16.3. The first-order valence-electron chi connectivity index (χ1n) is 7.48. The van der Waals surface area contributed by atoms with Crippen LogP contribution in [0, 0.1) is 13.8 Å². The van der Waals surface area contributed by atoms with E-state index in [9.17, 15) is 0 Å². The molecule has 0 aliphatic rings. The summed E-state index contributed by atoms with van der Waals surface area (Å²) < 4.78 is 5.66. The summed E-state index contributed by atoms with van der Waals surface area (Å²) >= 11 is 0. The van der Waals surface area contributed by atoms with E-state index in [4.69, 9.17) is 4.42 Å². The predicted molar refractivity (Wildman–Crippen MR) is 84.1 cm³/mol. The summed E-state index contributed by atoms with van der Waals surface area (Å²) in [5.41, 5.74) is 3.94. The first-order valence-corrected chi connectivity index (χ1v) is 7.48. The van der Waals surface area contributed by atoms with E-state index >= 15 is 0 Å². The van der Waals surface area contributed by atoms with E-state index in [1.54, 1.807) is 0 Å². The molecular formula is C18H25NO. The Morgan fingerprint density at radius 2 is 1.85 bits per heavy atom. The molecule has 0 aliphatic carbocycles. The molecule has 0 fully saturated rings. The Balaban J connectivity index is 2.21. The summed E-state index contributed by atoms with van der Waals surface area (Å²) in [5.74, 6) is 1.97. The van der Waals surface area contributed by atoms with Gasteiger partial charge in [-0.1, -0.05) is 37.6 Å². The van der Waals surface area contributed by atoms with E-state index in [2.05, 4.69) is 42.6 Å². The van der Waals surface area contributed by atoms with E-state index in [1.165, 1.54) is 36.0 Å². The van der Waals surface area contributed by atoms with Gasteiger partial charge in [-0.05, 0) is 50.9 Å². The Morgan fingerprint density at radius 1 is 1.15 bits per heavy atom. The highest BCUT2D eigenvalue weighted by molar-refractivity contribution is 5.35. The van der Waals surface area contributed by atoms with Crippen molar-refractivity contribution < 1.29 is 4.42 Å². The fourth-order valence-corrected chi connectivity index (χ4v) is 2.70. The van der Waals surface area contributed by atoms with Crippen molar-refractivity contribution in [1.29, 1.82) is 0 Å². The molecule has 2 aromatic rings. The summed E-state index contributed by atoms with van der Waals surface area (Å²) in [7, 11) is 2.00. The van der Waals surface area contributed by atoms with Gasteiger partial charge in [-0.3, -0.25) is 0 Å². The van der Waals surface area contributed by atoms with Crippen molar-refractivity contribution in [2.24, 2.45) is 0 Å². The molecule has 0 bridgehead atoms. The third-order valence-electron chi connectivity index (χ3n) is 3.81. The number of unbranched alkanes of at least 4 members (excludes halogenated alkanes) is 1. The third-order valence-corrected chi connectivity index (χ3v) is 3.81. The van der Waals surface area contributed by atoms with Crippen LogP contribution in [-0.4, -0.2) is 7.05 Å². The van der Waals surface area contributed by atoms with Crippen molar-refractivity contribution in [3.05, 3.63) is 58.5 Å². The van der Waals surface area contributed by atoms with Crippen molar-refractivity contribution in [2.45, 2.75) is 46.1 Å². The van der Waals surface area contributed by atoms with Gasteiger partial charge in [0.15, 0.2) is 0 Å². The molecule has 1 aromatic heterocycles. The average molecular weight is 271 g/mol. The van der Waals surface area contributed by atoms with E-state index in [-0.39, 0.29) is 6.04 Å². The summed E-state index contributed by atoms with van der Waals surface area (Å²) in [6.07, 6.45) is 3.67. The molecule has 1 aromatic carbocycles. The van der Waals surface area contributed by atoms with Crippen LogP contribution in [0.15, 0.2) is 34.7 Å². The van der Waals surface area contributed by atoms with Gasteiger partial charge in [-0.2, -0.15) is 0 Å². The van der Waals surface area contributed by atoms with Gasteiger partial charge in [-0.25, -0.2) is 0 Å². The Hall–Kier alpha value is -1.54. The second kappa shape index (κ2) is 6.76. The van der Waals surface area contributed by atoms with Crippen molar-refractivity contribution in [3.63, 3.8) is 0 Å². The number of furan rings is 1. The fourth-order valence-electron chi connectivity index (χ4n) is 2.70. The van der Waals surface area contributed by atoms with Gasteiger partial charge in [0.2, 0.25) is 0 Å². The lowest BCUT2D eigenvalue weighted by molar-refractivity contribution is 0.497. The number of aryl methyl sites for hydroxylation is 3. The number of rotatable bonds is 6. The lowest BCUT2D eigenvalue weighted by Gasteiger charge is -2.16. The number of hydrogen-bond acceptors (Lipinski definition) is 2. The maximum Gasteiger partial charge on any atom is 0.106 e. The average Bonchev–Trinajstić information content (AvgIpc) is 2.78. The zero-order valence-electron chi connectivity index (χ0n) is 13.0. The molecule has 1 heterocycles. The number of benzene rings is 1. The molecule has 1 N–H and O–H groups in total. The zero-order chi connectivity index (χ0) is 14.5. The summed E-state index contributed by atoms with van der Waals surface area (Å²) in [5, 5.41) is 3.39. The molecule has 2 nitrogen and oxygen atoms in total. The normalized spacial score (nSPS) is 12.6. The first kappa shape index (κ1) is 14.9.